The van der Waals surface area contributed by atoms with E-state index in [0.717, 1.165) is 10.1 Å². The van der Waals surface area contributed by atoms with Crippen LogP contribution in [0.25, 0.3) is 11.8 Å². The number of carbonyl (C=O) groups excluding carboxylic acids is 2. The molecule has 4 atom stereocenters. The SMILES string of the molecule is COc1cc(C=C[C@H]2C3=CCn4c(=O)n(-c5ccccc5)c(=O)n4[C@@H]3C[C@@]3(C)C(=O)C(C)=C(C)C(=O)[C@@]23C)cc(OC)c1O. The van der Waals surface area contributed by atoms with E-state index in [1.54, 1.807) is 50.2 Å². The van der Waals surface area contributed by atoms with Crippen LogP contribution in [0, 0.1) is 16.7 Å². The van der Waals surface area contributed by atoms with Gasteiger partial charge in [-0.1, -0.05) is 50.3 Å². The molecule has 0 amide bonds. The molecule has 0 unspecified atom stereocenters. The van der Waals surface area contributed by atoms with Gasteiger partial charge in [0.15, 0.2) is 23.1 Å². The molecule has 10 heteroatoms. The first-order valence-electron chi connectivity index (χ1n) is 14.5. The third-order valence-corrected chi connectivity index (χ3v) is 10.2. The quantitative estimate of drug-likeness (QED) is 0.437. The van der Waals surface area contributed by atoms with Gasteiger partial charge in [0.05, 0.1) is 37.9 Å². The molecule has 2 heterocycles. The van der Waals surface area contributed by atoms with Crippen LogP contribution in [0.3, 0.4) is 0 Å². The van der Waals surface area contributed by atoms with Gasteiger partial charge in [-0.25, -0.2) is 23.5 Å². The van der Waals surface area contributed by atoms with Crippen LogP contribution in [0.15, 0.2) is 80.9 Å². The molecule has 1 aliphatic heterocycles. The van der Waals surface area contributed by atoms with Crippen LogP contribution in [0.4, 0.5) is 0 Å². The van der Waals surface area contributed by atoms with Crippen LogP contribution in [-0.4, -0.2) is 44.8 Å². The zero-order chi connectivity index (χ0) is 31.7. The Kier molecular flexibility index (Phi) is 6.71. The van der Waals surface area contributed by atoms with Crippen molar-refractivity contribution >= 4 is 17.6 Å². The molecule has 44 heavy (non-hydrogen) atoms. The lowest BCUT2D eigenvalue weighted by atomic mass is 9.44. The molecule has 228 valence electrons. The van der Waals surface area contributed by atoms with E-state index in [1.807, 2.05) is 38.1 Å². The summed E-state index contributed by atoms with van der Waals surface area (Å²) in [5.74, 6) is -0.567. The van der Waals surface area contributed by atoms with Crippen LogP contribution in [-0.2, 0) is 16.1 Å². The predicted octanol–water partition coefficient (Wildman–Crippen LogP) is 4.24. The molecule has 6 rings (SSSR count). The Hall–Kier alpha value is -4.86. The summed E-state index contributed by atoms with van der Waals surface area (Å²) >= 11 is 0. The Labute approximate surface area is 254 Å². The largest absolute Gasteiger partial charge is 0.502 e. The van der Waals surface area contributed by atoms with Crippen LogP contribution in [0.5, 0.6) is 17.2 Å². The Bertz CT molecular complexity index is 1920. The van der Waals surface area contributed by atoms with E-state index in [9.17, 15) is 24.3 Å². The lowest BCUT2D eigenvalue weighted by molar-refractivity contribution is -0.152. The van der Waals surface area contributed by atoms with Crippen molar-refractivity contribution in [3.8, 4) is 22.9 Å². The first-order valence-corrected chi connectivity index (χ1v) is 14.5. The summed E-state index contributed by atoms with van der Waals surface area (Å²) in [6.45, 7) is 7.16. The molecule has 3 aromatic rings. The molecule has 0 bridgehead atoms. The number of phenolic OH excluding ortho intramolecular Hbond substituents is 1. The second kappa shape index (κ2) is 10.1. The number of benzene rings is 2. The number of aromatic nitrogens is 3. The van der Waals surface area contributed by atoms with Crippen molar-refractivity contribution in [2.75, 3.05) is 14.2 Å². The highest BCUT2D eigenvalue weighted by atomic mass is 16.5. The number of ketones is 2. The number of nitrogens with zero attached hydrogens (tertiary/aromatic N) is 3. The minimum atomic E-state index is -1.18. The highest BCUT2D eigenvalue weighted by Gasteiger charge is 2.65. The number of methoxy groups -OCH3 is 2. The Morgan fingerprint density at radius 3 is 2.14 bits per heavy atom. The second-order valence-electron chi connectivity index (χ2n) is 12.1. The fourth-order valence-electron chi connectivity index (χ4n) is 7.43. The minimum Gasteiger partial charge on any atom is -0.502 e. The normalized spacial score (nSPS) is 26.3. The van der Waals surface area contributed by atoms with Gasteiger partial charge >= 0.3 is 11.4 Å². The fraction of sp³-hybridized carbons (Fsp3) is 0.353. The maximum atomic E-state index is 14.3. The van der Waals surface area contributed by atoms with Crippen molar-refractivity contribution in [1.29, 1.82) is 0 Å². The standard InChI is InChI=1S/C34H35N3O7/c1-19-20(2)30(40)34(4)24(13-12-21-16-26(43-5)28(38)27(17-21)44-6)23-14-15-35-31(41)36(22-10-8-7-9-11-22)32(42)37(35)25(23)18-33(34,3)29(19)39/h7-14,16-17,24-25,38H,15,18H2,1-6H3/t24-,25+,33-,34+/m0/s1. The molecule has 10 nitrogen and oxygen atoms in total. The summed E-state index contributed by atoms with van der Waals surface area (Å²) in [7, 11) is 2.88. The molecule has 1 aromatic heterocycles. The van der Waals surface area contributed by atoms with Crippen LogP contribution >= 0.6 is 0 Å². The summed E-state index contributed by atoms with van der Waals surface area (Å²) in [4.78, 5) is 56.0. The molecule has 0 saturated heterocycles. The molecule has 0 spiro atoms. The fourth-order valence-corrected chi connectivity index (χ4v) is 7.43. The van der Waals surface area contributed by atoms with Crippen molar-refractivity contribution in [3.63, 3.8) is 0 Å². The van der Waals surface area contributed by atoms with Crippen molar-refractivity contribution in [2.45, 2.75) is 46.7 Å². The van der Waals surface area contributed by atoms with Gasteiger partial charge in [0.2, 0.25) is 5.75 Å². The van der Waals surface area contributed by atoms with Gasteiger partial charge in [0.1, 0.15) is 0 Å². The molecular weight excluding hydrogens is 562 g/mol. The van der Waals surface area contributed by atoms with E-state index in [-0.39, 0.29) is 41.8 Å². The van der Waals surface area contributed by atoms with Crippen molar-refractivity contribution in [1.82, 2.24) is 13.9 Å². The van der Waals surface area contributed by atoms with Gasteiger partial charge in [-0.05, 0) is 66.8 Å². The number of carbonyl (C=O) groups is 2. The zero-order valence-electron chi connectivity index (χ0n) is 25.6. The zero-order valence-corrected chi connectivity index (χ0v) is 25.6. The van der Waals surface area contributed by atoms with Gasteiger partial charge in [-0.2, -0.15) is 0 Å². The Morgan fingerprint density at radius 1 is 0.909 bits per heavy atom. The molecule has 0 radical (unpaired) electrons. The third-order valence-electron chi connectivity index (χ3n) is 10.2. The average molecular weight is 598 g/mol. The number of hydrogen-bond donors (Lipinski definition) is 1. The molecule has 3 aliphatic rings. The smallest absolute Gasteiger partial charge is 0.352 e. The maximum absolute atomic E-state index is 14.3. The van der Waals surface area contributed by atoms with Gasteiger partial charge in [-0.15, -0.1) is 0 Å². The van der Waals surface area contributed by atoms with Crippen molar-refractivity contribution in [3.05, 3.63) is 97.9 Å². The van der Waals surface area contributed by atoms with E-state index in [1.165, 1.54) is 23.6 Å². The number of allylic oxidation sites excluding steroid dienone is 5. The molecule has 1 fully saturated rings. The summed E-state index contributed by atoms with van der Waals surface area (Å²) in [5.41, 5.74) is -0.590. The number of aromatic hydroxyl groups is 1. The van der Waals surface area contributed by atoms with E-state index in [2.05, 4.69) is 0 Å². The number of fused-ring (bicyclic) bond motifs is 4. The van der Waals surface area contributed by atoms with Crippen molar-refractivity contribution in [2.24, 2.45) is 16.7 Å². The summed E-state index contributed by atoms with van der Waals surface area (Å²) < 4.78 is 14.7. The predicted molar refractivity (Wildman–Crippen MR) is 164 cm³/mol. The number of phenols is 1. The maximum Gasteiger partial charge on any atom is 0.352 e. The van der Waals surface area contributed by atoms with Crippen molar-refractivity contribution < 1.29 is 24.2 Å². The molecule has 2 aliphatic carbocycles. The number of ether oxygens (including phenoxy) is 2. The van der Waals surface area contributed by atoms with E-state index in [0.29, 0.717) is 22.4 Å². The number of Topliss-reactive ketones (excluding diaryl/α,β-unsaturated/α-hetero) is 2. The van der Waals surface area contributed by atoms with Crippen LogP contribution < -0.4 is 20.9 Å². The highest BCUT2D eigenvalue weighted by Crippen LogP contribution is 2.63. The second-order valence-corrected chi connectivity index (χ2v) is 12.1. The Morgan fingerprint density at radius 2 is 1.52 bits per heavy atom. The number of rotatable bonds is 5. The summed E-state index contributed by atoms with van der Waals surface area (Å²) in [6, 6.07) is 11.4. The minimum absolute atomic E-state index is 0.121. The van der Waals surface area contributed by atoms with Gasteiger partial charge in [0.25, 0.3) is 0 Å². The molecule has 2 aromatic carbocycles. The number of para-hydroxylation sites is 1. The first-order chi connectivity index (χ1) is 20.9. The molecular formula is C34H35N3O7. The monoisotopic (exact) mass is 597 g/mol. The topological polar surface area (TPSA) is 122 Å². The lowest BCUT2D eigenvalue weighted by Crippen LogP contribution is -2.61. The van der Waals surface area contributed by atoms with Gasteiger partial charge in [-0.3, -0.25) is 9.59 Å². The highest BCUT2D eigenvalue weighted by molar-refractivity contribution is 6.17. The Balaban J connectivity index is 1.57. The molecule has 1 saturated carbocycles. The third kappa shape index (κ3) is 3.79. The van der Waals surface area contributed by atoms with E-state index in [4.69, 9.17) is 9.47 Å². The van der Waals surface area contributed by atoms with E-state index < -0.39 is 34.2 Å². The summed E-state index contributed by atoms with van der Waals surface area (Å²) in [6.07, 6.45) is 5.78. The van der Waals surface area contributed by atoms with Gasteiger partial charge < -0.3 is 14.6 Å². The molecule has 1 N–H and O–H groups in total. The van der Waals surface area contributed by atoms with Gasteiger partial charge in [0, 0.05) is 11.3 Å². The summed E-state index contributed by atoms with van der Waals surface area (Å²) in [5, 5.41) is 10.4. The van der Waals surface area contributed by atoms with E-state index >= 15 is 0 Å². The lowest BCUT2D eigenvalue weighted by Gasteiger charge is -2.57. The van der Waals surface area contributed by atoms with Crippen LogP contribution in [0.1, 0.15) is 45.7 Å². The first kappa shape index (κ1) is 29.2. The van der Waals surface area contributed by atoms with Crippen LogP contribution in [0.2, 0.25) is 0 Å². The average Bonchev–Trinajstić information content (AvgIpc) is 3.29. The number of hydrogen-bond acceptors (Lipinski definition) is 7.